The molecule has 0 saturated heterocycles. The highest BCUT2D eigenvalue weighted by atomic mass is 16.3. The Labute approximate surface area is 126 Å². The smallest absolute Gasteiger partial charge is 0.0849 e. The first kappa shape index (κ1) is 14.3. The van der Waals surface area contributed by atoms with E-state index < -0.39 is 6.10 Å². The van der Waals surface area contributed by atoms with E-state index in [1.807, 2.05) is 47.4 Å². The summed E-state index contributed by atoms with van der Waals surface area (Å²) < 4.78 is 1.84. The maximum atomic E-state index is 10.7. The van der Waals surface area contributed by atoms with Gasteiger partial charge in [-0.1, -0.05) is 32.0 Å². The highest BCUT2D eigenvalue weighted by Gasteiger charge is 2.30. The average molecular weight is 284 g/mol. The van der Waals surface area contributed by atoms with Crippen molar-refractivity contribution in [2.75, 3.05) is 0 Å². The minimum absolute atomic E-state index is 0.358. The van der Waals surface area contributed by atoms with Crippen molar-refractivity contribution in [2.45, 2.75) is 39.2 Å². The lowest BCUT2D eigenvalue weighted by Gasteiger charge is -2.34. The molecule has 112 valence electrons. The van der Waals surface area contributed by atoms with Crippen LogP contribution in [0.2, 0.25) is 0 Å². The van der Waals surface area contributed by atoms with Gasteiger partial charge in [-0.25, -0.2) is 4.68 Å². The Bertz CT molecular complexity index is 568. The van der Waals surface area contributed by atoms with Gasteiger partial charge in [-0.05, 0) is 49.1 Å². The van der Waals surface area contributed by atoms with E-state index in [2.05, 4.69) is 18.9 Å². The first-order valence-corrected chi connectivity index (χ1v) is 7.91. The first-order chi connectivity index (χ1) is 10.1. The molecule has 1 saturated carbocycles. The number of nitrogens with zero attached hydrogens (tertiary/aromatic N) is 2. The summed E-state index contributed by atoms with van der Waals surface area (Å²) in [6.07, 6.45) is 6.88. The maximum Gasteiger partial charge on any atom is 0.0849 e. The fourth-order valence-corrected chi connectivity index (χ4v) is 3.75. The predicted molar refractivity (Wildman–Crippen MR) is 84.2 cm³/mol. The van der Waals surface area contributed by atoms with Gasteiger partial charge in [0.1, 0.15) is 0 Å². The number of para-hydroxylation sites is 1. The fourth-order valence-electron chi connectivity index (χ4n) is 3.75. The lowest BCUT2D eigenvalue weighted by atomic mass is 9.73. The van der Waals surface area contributed by atoms with Crippen LogP contribution in [-0.4, -0.2) is 14.9 Å². The number of benzene rings is 1. The van der Waals surface area contributed by atoms with Crippen LogP contribution in [0, 0.1) is 17.8 Å². The van der Waals surface area contributed by atoms with Crippen molar-refractivity contribution in [3.8, 4) is 5.69 Å². The van der Waals surface area contributed by atoms with Crippen LogP contribution in [0.1, 0.15) is 44.8 Å². The second kappa shape index (κ2) is 6.02. The van der Waals surface area contributed by atoms with Crippen molar-refractivity contribution >= 4 is 0 Å². The molecule has 1 aliphatic carbocycles. The number of aromatic nitrogens is 2. The topological polar surface area (TPSA) is 38.1 Å². The minimum Gasteiger partial charge on any atom is -0.388 e. The maximum absolute atomic E-state index is 10.7. The molecule has 3 nitrogen and oxygen atoms in total. The van der Waals surface area contributed by atoms with E-state index >= 15 is 0 Å². The van der Waals surface area contributed by atoms with Gasteiger partial charge in [-0.2, -0.15) is 5.10 Å². The number of hydrogen-bond acceptors (Lipinski definition) is 2. The van der Waals surface area contributed by atoms with Crippen LogP contribution in [0.5, 0.6) is 0 Å². The molecule has 3 atom stereocenters. The second-order valence-corrected chi connectivity index (χ2v) is 6.68. The molecule has 1 aliphatic rings. The third kappa shape index (κ3) is 3.18. The molecule has 1 fully saturated rings. The first-order valence-electron chi connectivity index (χ1n) is 7.91. The van der Waals surface area contributed by atoms with E-state index in [1.54, 1.807) is 0 Å². The van der Waals surface area contributed by atoms with Crippen LogP contribution in [0.25, 0.3) is 5.69 Å². The molecule has 1 aromatic carbocycles. The summed E-state index contributed by atoms with van der Waals surface area (Å²) in [6.45, 7) is 4.59. The molecule has 21 heavy (non-hydrogen) atoms. The highest BCUT2D eigenvalue weighted by molar-refractivity contribution is 5.31. The molecule has 1 heterocycles. The molecule has 1 aromatic heterocycles. The quantitative estimate of drug-likeness (QED) is 0.926. The van der Waals surface area contributed by atoms with Crippen molar-refractivity contribution in [3.05, 3.63) is 48.3 Å². The Morgan fingerprint density at radius 3 is 2.43 bits per heavy atom. The normalized spacial score (nSPS) is 27.5. The Kier molecular flexibility index (Phi) is 4.11. The molecule has 2 aromatic rings. The molecule has 3 unspecified atom stereocenters. The van der Waals surface area contributed by atoms with Crippen molar-refractivity contribution in [1.29, 1.82) is 0 Å². The standard InChI is InChI=1S/C18H24N2O/c1-13-8-14(2)10-15(9-13)18(21)16-11-19-20(12-16)17-6-4-3-5-7-17/h3-7,11-15,18,21H,8-10H2,1-2H3. The zero-order valence-corrected chi connectivity index (χ0v) is 12.8. The van der Waals surface area contributed by atoms with Crippen molar-refractivity contribution in [2.24, 2.45) is 17.8 Å². The van der Waals surface area contributed by atoms with Gasteiger partial charge < -0.3 is 5.11 Å². The summed E-state index contributed by atoms with van der Waals surface area (Å²) in [6, 6.07) is 10.0. The summed E-state index contributed by atoms with van der Waals surface area (Å²) >= 11 is 0. The number of rotatable bonds is 3. The SMILES string of the molecule is CC1CC(C)CC(C(O)c2cnn(-c3ccccc3)c2)C1. The fraction of sp³-hybridized carbons (Fsp3) is 0.500. The average Bonchev–Trinajstić information content (AvgIpc) is 2.96. The van der Waals surface area contributed by atoms with Crippen LogP contribution in [0.15, 0.2) is 42.7 Å². The monoisotopic (exact) mass is 284 g/mol. The summed E-state index contributed by atoms with van der Waals surface area (Å²) in [5.74, 6) is 1.77. The van der Waals surface area contributed by atoms with Crippen LogP contribution in [-0.2, 0) is 0 Å². The van der Waals surface area contributed by atoms with E-state index in [1.165, 1.54) is 6.42 Å². The van der Waals surface area contributed by atoms with Crippen LogP contribution >= 0.6 is 0 Å². The zero-order chi connectivity index (χ0) is 14.8. The molecule has 0 radical (unpaired) electrons. The van der Waals surface area contributed by atoms with Crippen molar-refractivity contribution in [1.82, 2.24) is 9.78 Å². The second-order valence-electron chi connectivity index (χ2n) is 6.68. The lowest BCUT2D eigenvalue weighted by molar-refractivity contribution is 0.0551. The Balaban J connectivity index is 1.76. The Morgan fingerprint density at radius 2 is 1.76 bits per heavy atom. The Morgan fingerprint density at radius 1 is 1.10 bits per heavy atom. The largest absolute Gasteiger partial charge is 0.388 e. The molecule has 3 heteroatoms. The zero-order valence-electron chi connectivity index (χ0n) is 12.8. The lowest BCUT2D eigenvalue weighted by Crippen LogP contribution is -2.24. The molecule has 0 amide bonds. The van der Waals surface area contributed by atoms with E-state index in [0.29, 0.717) is 17.8 Å². The summed E-state index contributed by atoms with van der Waals surface area (Å²) in [5, 5.41) is 15.1. The van der Waals surface area contributed by atoms with Gasteiger partial charge in [0, 0.05) is 11.8 Å². The third-order valence-corrected chi connectivity index (χ3v) is 4.63. The number of hydrogen-bond donors (Lipinski definition) is 1. The van der Waals surface area contributed by atoms with Crippen molar-refractivity contribution < 1.29 is 5.11 Å². The highest BCUT2D eigenvalue weighted by Crippen LogP contribution is 2.39. The van der Waals surface area contributed by atoms with Crippen LogP contribution < -0.4 is 0 Å². The summed E-state index contributed by atoms with van der Waals surface area (Å²) in [7, 11) is 0. The van der Waals surface area contributed by atoms with Gasteiger partial charge in [0.25, 0.3) is 0 Å². The molecule has 1 N–H and O–H groups in total. The van der Waals surface area contributed by atoms with Crippen molar-refractivity contribution in [3.63, 3.8) is 0 Å². The molecule has 0 aliphatic heterocycles. The van der Waals surface area contributed by atoms with Gasteiger partial charge in [-0.15, -0.1) is 0 Å². The Hall–Kier alpha value is -1.61. The molecule has 0 bridgehead atoms. The van der Waals surface area contributed by atoms with Gasteiger partial charge in [-0.3, -0.25) is 0 Å². The molecular weight excluding hydrogens is 260 g/mol. The summed E-state index contributed by atoms with van der Waals surface area (Å²) in [4.78, 5) is 0. The number of aliphatic hydroxyl groups is 1. The molecule has 0 spiro atoms. The molecular formula is C18H24N2O. The van der Waals surface area contributed by atoms with Gasteiger partial charge in [0.05, 0.1) is 18.0 Å². The van der Waals surface area contributed by atoms with E-state index in [9.17, 15) is 5.11 Å². The molecule has 3 rings (SSSR count). The van der Waals surface area contributed by atoms with Gasteiger partial charge in [0.2, 0.25) is 0 Å². The van der Waals surface area contributed by atoms with Gasteiger partial charge in [0.15, 0.2) is 0 Å². The van der Waals surface area contributed by atoms with Crippen LogP contribution in [0.3, 0.4) is 0 Å². The van der Waals surface area contributed by atoms with Gasteiger partial charge >= 0.3 is 0 Å². The predicted octanol–water partition coefficient (Wildman–Crippen LogP) is 3.98. The third-order valence-electron chi connectivity index (χ3n) is 4.63. The van der Waals surface area contributed by atoms with E-state index in [0.717, 1.165) is 24.1 Å². The van der Waals surface area contributed by atoms with E-state index in [4.69, 9.17) is 0 Å². The minimum atomic E-state index is -0.396. The van der Waals surface area contributed by atoms with Crippen LogP contribution in [0.4, 0.5) is 0 Å². The number of aliphatic hydroxyl groups excluding tert-OH is 1. The van der Waals surface area contributed by atoms with E-state index in [-0.39, 0.29) is 0 Å². The summed E-state index contributed by atoms with van der Waals surface area (Å²) in [5.41, 5.74) is 1.96.